The average molecular weight is 320 g/mol. The van der Waals surface area contributed by atoms with Crippen molar-refractivity contribution in [3.05, 3.63) is 34.3 Å². The molecule has 2 aromatic rings. The van der Waals surface area contributed by atoms with Crippen LogP contribution in [0.5, 0.6) is 0 Å². The lowest BCUT2D eigenvalue weighted by Crippen LogP contribution is -2.31. The number of aryl methyl sites for hydroxylation is 1. The summed E-state index contributed by atoms with van der Waals surface area (Å²) >= 11 is 1.48. The molecule has 116 valence electrons. The molecule has 0 bridgehead atoms. The summed E-state index contributed by atoms with van der Waals surface area (Å²) in [5.74, 6) is 1.27. The van der Waals surface area contributed by atoms with Gasteiger partial charge < -0.3 is 14.9 Å². The summed E-state index contributed by atoms with van der Waals surface area (Å²) < 4.78 is 1.80. The molecule has 2 N–H and O–H groups in total. The summed E-state index contributed by atoms with van der Waals surface area (Å²) in [6, 6.07) is 0. The van der Waals surface area contributed by atoms with Gasteiger partial charge in [-0.15, -0.1) is 10.2 Å². The van der Waals surface area contributed by atoms with Gasteiger partial charge in [-0.05, 0) is 12.8 Å². The number of nitrogens with zero attached hydrogens (tertiary/aromatic N) is 4. The van der Waals surface area contributed by atoms with Gasteiger partial charge in [0, 0.05) is 31.5 Å². The quantitative estimate of drug-likeness (QED) is 0.586. The van der Waals surface area contributed by atoms with Crippen LogP contribution in [0.4, 0.5) is 0 Å². The van der Waals surface area contributed by atoms with Gasteiger partial charge in [0.1, 0.15) is 17.7 Å². The zero-order valence-corrected chi connectivity index (χ0v) is 12.9. The minimum absolute atomic E-state index is 0.0491. The van der Waals surface area contributed by atoms with Gasteiger partial charge in [0.25, 0.3) is 11.5 Å². The number of H-pyrrole nitrogens is 1. The maximum atomic E-state index is 12.0. The van der Waals surface area contributed by atoms with Crippen molar-refractivity contribution >= 4 is 17.7 Å². The van der Waals surface area contributed by atoms with E-state index in [2.05, 4.69) is 25.5 Å². The van der Waals surface area contributed by atoms with Crippen LogP contribution < -0.4 is 10.9 Å². The number of hydrogen-bond acceptors (Lipinski definition) is 6. The van der Waals surface area contributed by atoms with Crippen molar-refractivity contribution in [2.75, 3.05) is 12.3 Å². The first-order chi connectivity index (χ1) is 10.6. The Morgan fingerprint density at radius 2 is 2.36 bits per heavy atom. The van der Waals surface area contributed by atoms with Gasteiger partial charge in [0.2, 0.25) is 0 Å². The molecule has 0 aromatic carbocycles. The van der Waals surface area contributed by atoms with Crippen LogP contribution in [-0.4, -0.2) is 42.9 Å². The molecule has 8 nitrogen and oxygen atoms in total. The zero-order valence-electron chi connectivity index (χ0n) is 12.1. The van der Waals surface area contributed by atoms with E-state index in [1.807, 2.05) is 7.05 Å². The van der Waals surface area contributed by atoms with Gasteiger partial charge >= 0.3 is 0 Å². The third-order valence-electron chi connectivity index (χ3n) is 3.32. The van der Waals surface area contributed by atoms with Crippen LogP contribution >= 0.6 is 11.8 Å². The van der Waals surface area contributed by atoms with E-state index in [1.165, 1.54) is 18.0 Å². The lowest BCUT2D eigenvalue weighted by Gasteiger charge is -2.05. The van der Waals surface area contributed by atoms with E-state index in [9.17, 15) is 9.59 Å². The molecule has 0 saturated heterocycles. The van der Waals surface area contributed by atoms with E-state index < -0.39 is 5.91 Å². The Morgan fingerprint density at radius 1 is 1.55 bits per heavy atom. The third kappa shape index (κ3) is 3.35. The molecule has 1 fully saturated rings. The van der Waals surface area contributed by atoms with Crippen LogP contribution in [0.15, 0.2) is 22.5 Å². The molecule has 1 aliphatic rings. The second-order valence-corrected chi connectivity index (χ2v) is 6.18. The second-order valence-electron chi connectivity index (χ2n) is 5.11. The molecule has 0 unspecified atom stereocenters. The molecule has 2 aromatic heterocycles. The first-order valence-corrected chi connectivity index (χ1v) is 7.98. The Kier molecular flexibility index (Phi) is 4.23. The monoisotopic (exact) mass is 320 g/mol. The highest BCUT2D eigenvalue weighted by Crippen LogP contribution is 2.37. The molecule has 0 radical (unpaired) electrons. The molecule has 0 aliphatic heterocycles. The highest BCUT2D eigenvalue weighted by molar-refractivity contribution is 7.99. The Hall–Kier alpha value is -2.16. The second kappa shape index (κ2) is 6.30. The van der Waals surface area contributed by atoms with Crippen molar-refractivity contribution in [2.45, 2.75) is 23.9 Å². The van der Waals surface area contributed by atoms with E-state index in [0.717, 1.165) is 18.0 Å². The average Bonchev–Trinajstić information content (AvgIpc) is 3.27. The number of carbonyl (C=O) groups excluding carboxylic acids is 1. The summed E-state index contributed by atoms with van der Waals surface area (Å²) in [4.78, 5) is 30.7. The highest BCUT2D eigenvalue weighted by Gasteiger charge is 2.26. The Balaban J connectivity index is 1.51. The molecule has 3 rings (SSSR count). The Labute approximate surface area is 130 Å². The maximum absolute atomic E-state index is 12.0. The predicted molar refractivity (Wildman–Crippen MR) is 80.9 cm³/mol. The highest BCUT2D eigenvalue weighted by atomic mass is 32.2. The predicted octanol–water partition coefficient (Wildman–Crippen LogP) is 0.298. The zero-order chi connectivity index (χ0) is 15.5. The van der Waals surface area contributed by atoms with Crippen molar-refractivity contribution in [1.82, 2.24) is 30.0 Å². The summed E-state index contributed by atoms with van der Waals surface area (Å²) in [7, 11) is 1.85. The van der Waals surface area contributed by atoms with E-state index in [1.54, 1.807) is 10.9 Å². The van der Waals surface area contributed by atoms with Gasteiger partial charge in [0.15, 0.2) is 5.16 Å². The molecule has 1 amide bonds. The van der Waals surface area contributed by atoms with Gasteiger partial charge in [-0.1, -0.05) is 11.8 Å². The van der Waals surface area contributed by atoms with Gasteiger partial charge in [-0.3, -0.25) is 9.59 Å². The van der Waals surface area contributed by atoms with Crippen LogP contribution in [0.1, 0.15) is 34.9 Å². The molecule has 1 aliphatic carbocycles. The summed E-state index contributed by atoms with van der Waals surface area (Å²) in [5, 5.41) is 11.2. The van der Waals surface area contributed by atoms with Crippen LogP contribution in [0.25, 0.3) is 0 Å². The van der Waals surface area contributed by atoms with Gasteiger partial charge in [0.05, 0.1) is 0 Å². The summed E-state index contributed by atoms with van der Waals surface area (Å²) in [6.45, 7) is 0.431. The normalized spacial score (nSPS) is 14.0. The first-order valence-electron chi connectivity index (χ1n) is 6.99. The fourth-order valence-corrected chi connectivity index (χ4v) is 2.68. The van der Waals surface area contributed by atoms with Crippen LogP contribution in [0.3, 0.4) is 0 Å². The largest absolute Gasteiger partial charge is 0.351 e. The summed E-state index contributed by atoms with van der Waals surface area (Å²) in [5.41, 5.74) is -0.330. The van der Waals surface area contributed by atoms with Crippen molar-refractivity contribution in [3.8, 4) is 0 Å². The molecule has 0 spiro atoms. The van der Waals surface area contributed by atoms with Crippen LogP contribution in [0, 0.1) is 0 Å². The minimum atomic E-state index is -0.408. The standard InChI is InChI=1S/C13H16N6O2S/c1-19-7-16-18-13(19)22-5-4-14-11(20)9-6-15-10(8-2-3-8)17-12(9)21/h6-8H,2-5H2,1H3,(H,14,20)(H,15,17,21). The van der Waals surface area contributed by atoms with Crippen molar-refractivity contribution < 1.29 is 4.79 Å². The third-order valence-corrected chi connectivity index (χ3v) is 4.35. The fourth-order valence-electron chi connectivity index (χ4n) is 1.94. The number of amides is 1. The first kappa shape index (κ1) is 14.8. The van der Waals surface area contributed by atoms with Crippen LogP contribution in [-0.2, 0) is 7.05 Å². The maximum Gasteiger partial charge on any atom is 0.263 e. The molecule has 2 heterocycles. The van der Waals surface area contributed by atoms with E-state index >= 15 is 0 Å². The van der Waals surface area contributed by atoms with Crippen LogP contribution in [0.2, 0.25) is 0 Å². The van der Waals surface area contributed by atoms with Crippen molar-refractivity contribution in [2.24, 2.45) is 7.05 Å². The lowest BCUT2D eigenvalue weighted by atomic mass is 10.3. The number of hydrogen-bond donors (Lipinski definition) is 2. The van der Waals surface area contributed by atoms with Gasteiger partial charge in [-0.25, -0.2) is 4.98 Å². The number of aromatic amines is 1. The lowest BCUT2D eigenvalue weighted by molar-refractivity contribution is 0.0954. The fraction of sp³-hybridized carbons (Fsp3) is 0.462. The molecular formula is C13H16N6O2S. The Bertz CT molecular complexity index is 736. The molecule has 22 heavy (non-hydrogen) atoms. The van der Waals surface area contributed by atoms with Crippen molar-refractivity contribution in [3.63, 3.8) is 0 Å². The number of carbonyl (C=O) groups is 1. The smallest absolute Gasteiger partial charge is 0.263 e. The Morgan fingerprint density at radius 3 is 3.00 bits per heavy atom. The summed E-state index contributed by atoms with van der Waals surface area (Å²) in [6.07, 6.45) is 5.08. The van der Waals surface area contributed by atoms with E-state index in [-0.39, 0.29) is 11.1 Å². The van der Waals surface area contributed by atoms with Gasteiger partial charge in [-0.2, -0.15) is 0 Å². The minimum Gasteiger partial charge on any atom is -0.351 e. The van der Waals surface area contributed by atoms with Crippen molar-refractivity contribution in [1.29, 1.82) is 0 Å². The van der Waals surface area contributed by atoms with E-state index in [0.29, 0.717) is 24.0 Å². The number of nitrogens with one attached hydrogen (secondary N) is 2. The molecule has 1 saturated carbocycles. The number of rotatable bonds is 6. The molecule has 9 heteroatoms. The molecular weight excluding hydrogens is 304 g/mol. The number of aromatic nitrogens is 5. The SMILES string of the molecule is Cn1cnnc1SCCNC(=O)c1cnc(C2CC2)[nH]c1=O. The van der Waals surface area contributed by atoms with E-state index in [4.69, 9.17) is 0 Å². The topological polar surface area (TPSA) is 106 Å². The number of thioether (sulfide) groups is 1. The molecule has 0 atom stereocenters.